The van der Waals surface area contributed by atoms with E-state index >= 15 is 0 Å². The lowest BCUT2D eigenvalue weighted by atomic mass is 10.2. The van der Waals surface area contributed by atoms with Crippen LogP contribution in [0.2, 0.25) is 5.02 Å². The van der Waals surface area contributed by atoms with Crippen molar-refractivity contribution in [2.24, 2.45) is 0 Å². The summed E-state index contributed by atoms with van der Waals surface area (Å²) in [6.45, 7) is 0. The first kappa shape index (κ1) is 25.1. The number of methoxy groups -OCH3 is 2. The van der Waals surface area contributed by atoms with Gasteiger partial charge in [0.2, 0.25) is 5.91 Å². The number of H-pyrrole nitrogens is 2. The zero-order chi connectivity index (χ0) is 25.7. The number of nitrogens with one attached hydrogen (secondary N) is 3. The number of halogens is 1. The number of ether oxygens (including phenoxy) is 2. The van der Waals surface area contributed by atoms with Crippen LogP contribution in [-0.2, 0) is 11.2 Å². The predicted octanol–water partition coefficient (Wildman–Crippen LogP) is 2.64. The van der Waals surface area contributed by atoms with Gasteiger partial charge in [-0.2, -0.15) is 0 Å². The summed E-state index contributed by atoms with van der Waals surface area (Å²) in [5.74, 6) is 1.25. The number of hydrogen-bond donors (Lipinski definition) is 3. The fourth-order valence-corrected chi connectivity index (χ4v) is 4.34. The number of carbonyl (C=O) groups is 1. The molecule has 0 aliphatic carbocycles. The Morgan fingerprint density at radius 3 is 2.67 bits per heavy atom. The number of nitrogens with zero attached hydrogens (tertiary/aromatic N) is 3. The van der Waals surface area contributed by atoms with Crippen molar-refractivity contribution in [2.75, 3.05) is 25.3 Å². The van der Waals surface area contributed by atoms with Crippen molar-refractivity contribution >= 4 is 35.0 Å². The van der Waals surface area contributed by atoms with Crippen LogP contribution in [0.5, 0.6) is 11.5 Å². The first-order chi connectivity index (χ1) is 17.4. The molecular formula is C23H21ClN6O5S. The quantitative estimate of drug-likeness (QED) is 0.281. The highest BCUT2D eigenvalue weighted by atomic mass is 35.5. The molecule has 0 radical (unpaired) electrons. The van der Waals surface area contributed by atoms with Crippen LogP contribution in [0, 0.1) is 0 Å². The molecule has 0 atom stereocenters. The summed E-state index contributed by atoms with van der Waals surface area (Å²) >= 11 is 7.21. The number of aromatic amines is 2. The van der Waals surface area contributed by atoms with Crippen LogP contribution in [0.25, 0.3) is 5.69 Å². The topological polar surface area (TPSA) is 144 Å². The Hall–Kier alpha value is -4.03. The van der Waals surface area contributed by atoms with Crippen LogP contribution < -0.4 is 26.0 Å². The van der Waals surface area contributed by atoms with E-state index in [2.05, 4.69) is 25.5 Å². The summed E-state index contributed by atoms with van der Waals surface area (Å²) in [6.07, 6.45) is 0.121. The third-order valence-electron chi connectivity index (χ3n) is 4.94. The van der Waals surface area contributed by atoms with Crippen LogP contribution >= 0.6 is 23.4 Å². The van der Waals surface area contributed by atoms with Gasteiger partial charge in [0.05, 0.1) is 31.3 Å². The Labute approximate surface area is 213 Å². The zero-order valence-electron chi connectivity index (χ0n) is 19.2. The maximum absolute atomic E-state index is 12.7. The van der Waals surface area contributed by atoms with Gasteiger partial charge in [-0.25, -0.2) is 4.79 Å². The second-order valence-corrected chi connectivity index (χ2v) is 8.79. The molecule has 0 spiro atoms. The highest BCUT2D eigenvalue weighted by Gasteiger charge is 2.18. The summed E-state index contributed by atoms with van der Waals surface area (Å²) in [7, 11) is 3.05. The molecule has 1 amide bonds. The predicted molar refractivity (Wildman–Crippen MR) is 136 cm³/mol. The third kappa shape index (κ3) is 5.96. The normalized spacial score (nSPS) is 10.8. The molecule has 0 unspecified atom stereocenters. The first-order valence-electron chi connectivity index (χ1n) is 10.5. The summed E-state index contributed by atoms with van der Waals surface area (Å²) in [5, 5.41) is 12.2. The summed E-state index contributed by atoms with van der Waals surface area (Å²) in [4.78, 5) is 40.9. The van der Waals surface area contributed by atoms with Gasteiger partial charge in [0.1, 0.15) is 17.3 Å². The van der Waals surface area contributed by atoms with E-state index in [4.69, 9.17) is 21.1 Å². The maximum atomic E-state index is 12.7. The molecule has 0 aliphatic heterocycles. The van der Waals surface area contributed by atoms with E-state index in [0.29, 0.717) is 44.6 Å². The fourth-order valence-electron chi connectivity index (χ4n) is 3.40. The molecule has 0 saturated carbocycles. The first-order valence-corrected chi connectivity index (χ1v) is 11.9. The van der Waals surface area contributed by atoms with Crippen molar-refractivity contribution in [2.45, 2.75) is 11.6 Å². The largest absolute Gasteiger partial charge is 0.497 e. The number of carbonyl (C=O) groups excluding carboxylic acids is 1. The van der Waals surface area contributed by atoms with Crippen LogP contribution in [0.1, 0.15) is 11.5 Å². The SMILES string of the molecule is COc1cccc(-n2c(Cc3cc(=O)[nH]c(=O)[nH]3)nnc2SCC(=O)Nc2cc(Cl)ccc2OC)c1. The molecule has 0 fully saturated rings. The van der Waals surface area contributed by atoms with E-state index in [-0.39, 0.29) is 18.1 Å². The second-order valence-electron chi connectivity index (χ2n) is 7.41. The smallest absolute Gasteiger partial charge is 0.325 e. The molecule has 0 aliphatic rings. The van der Waals surface area contributed by atoms with Gasteiger partial charge in [0.15, 0.2) is 5.16 Å². The molecule has 4 rings (SSSR count). The molecule has 0 bridgehead atoms. The van der Waals surface area contributed by atoms with Crippen LogP contribution in [0.3, 0.4) is 0 Å². The number of amides is 1. The van der Waals surface area contributed by atoms with Gasteiger partial charge < -0.3 is 19.8 Å². The number of rotatable bonds is 9. The van der Waals surface area contributed by atoms with Crippen molar-refractivity contribution in [3.8, 4) is 17.2 Å². The molecule has 13 heteroatoms. The fraction of sp³-hybridized carbons (Fsp3) is 0.174. The minimum atomic E-state index is -0.618. The number of benzene rings is 2. The van der Waals surface area contributed by atoms with Gasteiger partial charge in [-0.05, 0) is 30.3 Å². The molecule has 4 aromatic rings. The van der Waals surface area contributed by atoms with Crippen molar-refractivity contribution in [1.29, 1.82) is 0 Å². The van der Waals surface area contributed by atoms with Gasteiger partial charge in [0.25, 0.3) is 5.56 Å². The summed E-state index contributed by atoms with van der Waals surface area (Å²) in [6, 6.07) is 13.4. The van der Waals surface area contributed by atoms with Crippen molar-refractivity contribution < 1.29 is 14.3 Å². The summed E-state index contributed by atoms with van der Waals surface area (Å²) < 4.78 is 12.3. The molecule has 186 valence electrons. The van der Waals surface area contributed by atoms with Crippen molar-refractivity contribution in [1.82, 2.24) is 24.7 Å². The Balaban J connectivity index is 1.61. The molecule has 11 nitrogen and oxygen atoms in total. The minimum absolute atomic E-state index is 0.0135. The Morgan fingerprint density at radius 1 is 1.08 bits per heavy atom. The van der Waals surface area contributed by atoms with Gasteiger partial charge in [-0.1, -0.05) is 29.4 Å². The highest BCUT2D eigenvalue weighted by molar-refractivity contribution is 7.99. The molecule has 2 heterocycles. The van der Waals surface area contributed by atoms with Crippen molar-refractivity contribution in [3.05, 3.63) is 85.9 Å². The molecule has 2 aromatic carbocycles. The van der Waals surface area contributed by atoms with Crippen LogP contribution in [0.15, 0.2) is 63.3 Å². The maximum Gasteiger partial charge on any atom is 0.325 e. The highest BCUT2D eigenvalue weighted by Crippen LogP contribution is 2.29. The van der Waals surface area contributed by atoms with Gasteiger partial charge in [-0.15, -0.1) is 10.2 Å². The molecule has 36 heavy (non-hydrogen) atoms. The molecular weight excluding hydrogens is 508 g/mol. The number of thioether (sulfide) groups is 1. The van der Waals surface area contributed by atoms with E-state index < -0.39 is 11.2 Å². The standard InChI is InChI=1S/C23H21ClN6O5S/c1-34-16-5-3-4-15(11-16)30-19(9-14-10-20(31)27-22(33)25-14)28-29-23(30)36-12-21(32)26-17-8-13(24)6-7-18(17)35-2/h3-8,10-11H,9,12H2,1-2H3,(H,26,32)(H2,25,27,31,33). The third-order valence-corrected chi connectivity index (χ3v) is 6.11. The average molecular weight is 529 g/mol. The van der Waals surface area contributed by atoms with E-state index in [0.717, 1.165) is 11.8 Å². The van der Waals surface area contributed by atoms with Gasteiger partial charge in [0, 0.05) is 29.3 Å². The van der Waals surface area contributed by atoms with E-state index in [9.17, 15) is 14.4 Å². The van der Waals surface area contributed by atoms with Crippen molar-refractivity contribution in [3.63, 3.8) is 0 Å². The molecule has 3 N–H and O–H groups in total. The monoisotopic (exact) mass is 528 g/mol. The zero-order valence-corrected chi connectivity index (χ0v) is 20.8. The lowest BCUT2D eigenvalue weighted by Crippen LogP contribution is -2.23. The van der Waals surface area contributed by atoms with E-state index in [1.165, 1.54) is 13.2 Å². The number of aromatic nitrogens is 5. The van der Waals surface area contributed by atoms with Gasteiger partial charge in [-0.3, -0.25) is 19.1 Å². The van der Waals surface area contributed by atoms with E-state index in [1.807, 2.05) is 6.07 Å². The van der Waals surface area contributed by atoms with Crippen LogP contribution in [0.4, 0.5) is 5.69 Å². The molecule has 0 saturated heterocycles. The number of anilines is 1. The van der Waals surface area contributed by atoms with Gasteiger partial charge >= 0.3 is 5.69 Å². The lowest BCUT2D eigenvalue weighted by molar-refractivity contribution is -0.113. The average Bonchev–Trinajstić information content (AvgIpc) is 3.24. The van der Waals surface area contributed by atoms with Crippen LogP contribution in [-0.4, -0.2) is 50.6 Å². The minimum Gasteiger partial charge on any atom is -0.497 e. The lowest BCUT2D eigenvalue weighted by Gasteiger charge is -2.12. The Morgan fingerprint density at radius 2 is 1.92 bits per heavy atom. The number of hydrogen-bond acceptors (Lipinski definition) is 8. The Kier molecular flexibility index (Phi) is 7.76. The summed E-state index contributed by atoms with van der Waals surface area (Å²) in [5.41, 5.74) is 0.351. The second kappa shape index (κ2) is 11.1. The molecule has 2 aromatic heterocycles. The van der Waals surface area contributed by atoms with E-state index in [1.54, 1.807) is 48.1 Å². The Bertz CT molecular complexity index is 1490.